The lowest BCUT2D eigenvalue weighted by atomic mass is 10.0. The van der Waals surface area contributed by atoms with Crippen LogP contribution < -0.4 is 16.4 Å². The van der Waals surface area contributed by atoms with Crippen LogP contribution in [-0.4, -0.2) is 82.6 Å². The van der Waals surface area contributed by atoms with Crippen molar-refractivity contribution in [1.82, 2.24) is 25.1 Å². The van der Waals surface area contributed by atoms with Crippen molar-refractivity contribution < 1.29 is 8.78 Å². The van der Waals surface area contributed by atoms with E-state index in [1.807, 2.05) is 23.2 Å². The first-order chi connectivity index (χ1) is 19.2. The fraction of sp³-hybridized carbons (Fsp3) is 0.552. The first-order valence-electron chi connectivity index (χ1n) is 14.3. The highest BCUT2D eigenvalue weighted by molar-refractivity contribution is 7.18. The van der Waals surface area contributed by atoms with Gasteiger partial charge in [0.05, 0.1) is 24.1 Å². The number of amidine groups is 1. The molecule has 0 bridgehead atoms. The molecule has 8 nitrogen and oxygen atoms in total. The summed E-state index contributed by atoms with van der Waals surface area (Å²) in [6, 6.07) is 4.50. The molecule has 40 heavy (non-hydrogen) atoms. The smallest absolute Gasteiger partial charge is 0.271 e. The number of nitrogens with one attached hydrogen (secondary N) is 2. The third kappa shape index (κ3) is 7.53. The molecule has 2 aromatic rings. The second-order valence-corrected chi connectivity index (χ2v) is 12.2. The van der Waals surface area contributed by atoms with E-state index in [2.05, 4.69) is 39.0 Å². The van der Waals surface area contributed by atoms with Gasteiger partial charge >= 0.3 is 0 Å². The molecular weight excluding hydrogens is 529 g/mol. The van der Waals surface area contributed by atoms with Crippen LogP contribution in [0.2, 0.25) is 0 Å². The first kappa shape index (κ1) is 28.8. The zero-order chi connectivity index (χ0) is 28.3. The van der Waals surface area contributed by atoms with Gasteiger partial charge < -0.3 is 21.3 Å². The fourth-order valence-corrected chi connectivity index (χ4v) is 5.84. The predicted molar refractivity (Wildman–Crippen MR) is 162 cm³/mol. The van der Waals surface area contributed by atoms with E-state index in [-0.39, 0.29) is 12.6 Å². The summed E-state index contributed by atoms with van der Waals surface area (Å²) in [5, 5.41) is 7.07. The number of nitrogens with zero attached hydrogens (tertiary/aromatic N) is 5. The van der Waals surface area contributed by atoms with E-state index < -0.39 is 5.66 Å². The zero-order valence-corrected chi connectivity index (χ0v) is 24.4. The maximum absolute atomic E-state index is 13.4. The molecule has 3 aliphatic rings. The molecule has 0 amide bonds. The van der Waals surface area contributed by atoms with Gasteiger partial charge in [0.1, 0.15) is 11.7 Å². The number of nitrogens with two attached hydrogens (primary N) is 1. The van der Waals surface area contributed by atoms with Crippen LogP contribution in [0, 0.1) is 0 Å². The molecule has 2 atom stereocenters. The second-order valence-electron chi connectivity index (χ2n) is 11.4. The van der Waals surface area contributed by atoms with Crippen molar-refractivity contribution in [3.8, 4) is 0 Å². The van der Waals surface area contributed by atoms with Crippen LogP contribution in [0.1, 0.15) is 61.6 Å². The van der Waals surface area contributed by atoms with Crippen LogP contribution in [0.15, 0.2) is 42.3 Å². The van der Waals surface area contributed by atoms with Gasteiger partial charge in [-0.3, -0.25) is 9.88 Å². The van der Waals surface area contributed by atoms with Gasteiger partial charge in [-0.05, 0) is 62.6 Å². The quantitative estimate of drug-likeness (QED) is 0.246. The number of hydrogen-bond acceptors (Lipinski definition) is 7. The van der Waals surface area contributed by atoms with Crippen LogP contribution in [-0.2, 0) is 0 Å². The average molecular weight is 571 g/mol. The Labute approximate surface area is 238 Å². The summed E-state index contributed by atoms with van der Waals surface area (Å²) in [6.45, 7) is 10.2. The number of pyridine rings is 2. The maximum Gasteiger partial charge on any atom is 0.271 e. The highest BCUT2D eigenvalue weighted by Crippen LogP contribution is 2.43. The highest BCUT2D eigenvalue weighted by atomic mass is 31.0. The topological polar surface area (TPSA) is 94.7 Å². The summed E-state index contributed by atoms with van der Waals surface area (Å²) in [4.78, 5) is 18.2. The molecule has 2 saturated heterocycles. The third-order valence-corrected chi connectivity index (χ3v) is 8.14. The van der Waals surface area contributed by atoms with Gasteiger partial charge in [-0.25, -0.2) is 18.8 Å². The Morgan fingerprint density at radius 1 is 1.20 bits per heavy atom. The van der Waals surface area contributed by atoms with E-state index >= 15 is 0 Å². The van der Waals surface area contributed by atoms with Gasteiger partial charge in [0.2, 0.25) is 0 Å². The van der Waals surface area contributed by atoms with Gasteiger partial charge in [0.25, 0.3) is 5.66 Å². The Balaban J connectivity index is 1.36. The Bertz CT molecular complexity index is 1220. The number of alkyl halides is 2. The van der Waals surface area contributed by atoms with Crippen molar-refractivity contribution in [3.05, 3.63) is 54.0 Å². The standard InChI is InChI=1S/C29H41F2N8P/c1-19-6-13-39(14-10-34-19)28(27-24(21-3-4-21)16-33-17-25(27)32)36-20(2)22-5-9-35-26(15-22)37-23-7-11-38(12-8-23)18-29(30,31)40/h5,9,15-17,19,21,23,34H,2-4,6-8,10-14,18,32,40H2,1H3,(H,35,37)/b36-28+. The number of halogens is 2. The van der Waals surface area contributed by atoms with Crippen LogP contribution in [0.3, 0.4) is 0 Å². The molecule has 11 heteroatoms. The molecule has 5 rings (SSSR count). The minimum Gasteiger partial charge on any atom is -0.397 e. The molecule has 2 aliphatic heterocycles. The molecule has 0 spiro atoms. The van der Waals surface area contributed by atoms with E-state index in [0.717, 1.165) is 74.5 Å². The molecule has 4 heterocycles. The van der Waals surface area contributed by atoms with Gasteiger partial charge in [0, 0.05) is 68.3 Å². The normalized spacial score (nSPS) is 21.8. The minimum absolute atomic E-state index is 0.175. The van der Waals surface area contributed by atoms with Gasteiger partial charge in [-0.2, -0.15) is 0 Å². The van der Waals surface area contributed by atoms with E-state index in [4.69, 9.17) is 10.7 Å². The largest absolute Gasteiger partial charge is 0.397 e. The summed E-state index contributed by atoms with van der Waals surface area (Å²) in [7, 11) is 1.63. The molecule has 3 fully saturated rings. The maximum atomic E-state index is 13.4. The fourth-order valence-electron chi connectivity index (χ4n) is 5.59. The zero-order valence-electron chi connectivity index (χ0n) is 23.3. The molecular formula is C29H41F2N8P. The summed E-state index contributed by atoms with van der Waals surface area (Å²) >= 11 is 0. The molecule has 1 saturated carbocycles. The molecule has 2 aromatic heterocycles. The van der Waals surface area contributed by atoms with Crippen LogP contribution >= 0.6 is 9.24 Å². The number of anilines is 2. The SMILES string of the molecule is C=C(/N=C(\c1c(N)cncc1C1CC1)N1CCNC(C)CC1)c1ccnc(NC2CCN(CC(F)(F)P)CC2)c1. The van der Waals surface area contributed by atoms with Crippen LogP contribution in [0.4, 0.5) is 20.3 Å². The highest BCUT2D eigenvalue weighted by Gasteiger charge is 2.32. The predicted octanol–water partition coefficient (Wildman–Crippen LogP) is 4.38. The average Bonchev–Trinajstić information content (AvgIpc) is 3.77. The lowest BCUT2D eigenvalue weighted by molar-refractivity contribution is 0.0452. The van der Waals surface area contributed by atoms with E-state index in [0.29, 0.717) is 36.4 Å². The number of aromatic nitrogens is 2. The Morgan fingerprint density at radius 3 is 2.70 bits per heavy atom. The second kappa shape index (κ2) is 12.5. The Kier molecular flexibility index (Phi) is 8.98. The molecule has 1 aliphatic carbocycles. The number of rotatable bonds is 8. The number of hydrogen-bond donors (Lipinski definition) is 3. The van der Waals surface area contributed by atoms with Crippen molar-refractivity contribution in [3.63, 3.8) is 0 Å². The lowest BCUT2D eigenvalue weighted by Crippen LogP contribution is -2.43. The first-order valence-corrected chi connectivity index (χ1v) is 14.9. The molecule has 4 N–H and O–H groups in total. The van der Waals surface area contributed by atoms with Gasteiger partial charge in [-0.15, -0.1) is 0 Å². The Morgan fingerprint density at radius 2 is 1.98 bits per heavy atom. The van der Waals surface area contributed by atoms with E-state index in [9.17, 15) is 8.78 Å². The molecule has 216 valence electrons. The minimum atomic E-state index is -2.75. The third-order valence-electron chi connectivity index (χ3n) is 7.96. The number of nitrogen functional groups attached to an aromatic ring is 1. The Hall–Kier alpha value is -2.68. The van der Waals surface area contributed by atoms with Gasteiger partial charge in [-0.1, -0.05) is 15.8 Å². The van der Waals surface area contributed by atoms with Gasteiger partial charge in [0.15, 0.2) is 0 Å². The van der Waals surface area contributed by atoms with Crippen LogP contribution in [0.5, 0.6) is 0 Å². The van der Waals surface area contributed by atoms with E-state index in [1.54, 1.807) is 21.6 Å². The molecule has 0 radical (unpaired) electrons. The summed E-state index contributed by atoms with van der Waals surface area (Å²) in [5.41, 5.74) is 8.11. The van der Waals surface area contributed by atoms with Crippen molar-refractivity contribution in [2.24, 2.45) is 4.99 Å². The van der Waals surface area contributed by atoms with Crippen LogP contribution in [0.25, 0.3) is 5.70 Å². The summed E-state index contributed by atoms with van der Waals surface area (Å²) in [6.07, 6.45) is 10.3. The number of likely N-dealkylation sites (tertiary alicyclic amines) is 1. The van der Waals surface area contributed by atoms with Crippen molar-refractivity contribution >= 4 is 32.3 Å². The summed E-state index contributed by atoms with van der Waals surface area (Å²) < 4.78 is 26.7. The van der Waals surface area contributed by atoms with E-state index in [1.165, 1.54) is 5.56 Å². The number of aliphatic imine (C=N–C) groups is 1. The summed E-state index contributed by atoms with van der Waals surface area (Å²) in [5.74, 6) is 2.06. The molecule has 0 aromatic carbocycles. The van der Waals surface area contributed by atoms with Crippen molar-refractivity contribution in [2.75, 3.05) is 50.3 Å². The molecule has 2 unspecified atom stereocenters. The lowest BCUT2D eigenvalue weighted by Gasteiger charge is -2.33. The van der Waals surface area contributed by atoms with Crippen molar-refractivity contribution in [1.29, 1.82) is 0 Å². The van der Waals surface area contributed by atoms with Crippen molar-refractivity contribution in [2.45, 2.75) is 62.7 Å². The number of piperidine rings is 1. The monoisotopic (exact) mass is 570 g/mol.